The average Bonchev–Trinajstić information content (AvgIpc) is 2.96. The van der Waals surface area contributed by atoms with Crippen LogP contribution in [0.3, 0.4) is 0 Å². The zero-order valence-corrected chi connectivity index (χ0v) is 14.8. The van der Waals surface area contributed by atoms with Gasteiger partial charge < -0.3 is 4.90 Å². The second-order valence-corrected chi connectivity index (χ2v) is 6.96. The molecule has 27 heavy (non-hydrogen) atoms. The molecule has 0 spiro atoms. The molecule has 0 bridgehead atoms. The topological polar surface area (TPSA) is 78.4 Å². The maximum absolute atomic E-state index is 13.5. The van der Waals surface area contributed by atoms with Crippen LogP contribution in [0.5, 0.6) is 0 Å². The highest BCUT2D eigenvalue weighted by molar-refractivity contribution is 5.92. The van der Waals surface area contributed by atoms with Gasteiger partial charge in [-0.25, -0.2) is 15.4 Å². The third-order valence-electron chi connectivity index (χ3n) is 5.23. The molecule has 1 aliphatic heterocycles. The van der Waals surface area contributed by atoms with Crippen LogP contribution < -0.4 is 10.4 Å². The van der Waals surface area contributed by atoms with Gasteiger partial charge in [0, 0.05) is 30.9 Å². The summed E-state index contributed by atoms with van der Waals surface area (Å²) in [6.07, 6.45) is -1.90. The third-order valence-corrected chi connectivity index (χ3v) is 5.23. The summed E-state index contributed by atoms with van der Waals surface area (Å²) in [5.41, 5.74) is 0.462. The van der Waals surface area contributed by atoms with Gasteiger partial charge in [-0.1, -0.05) is 32.0 Å². The standard InChI is InChI=1S/C18H19F3N4O2/c1-11-9-25(16-22-7-12(8-23-16)15(26)24-27)10-17(11,2)13-5-3-4-6-14(13)18(19,20)21/h3-8,11,27H,9-10H2,1-2H3,(H,24,26)/t11-,17-/m1/s1. The van der Waals surface area contributed by atoms with Crippen LogP contribution in [-0.4, -0.2) is 34.2 Å². The van der Waals surface area contributed by atoms with Crippen molar-refractivity contribution < 1.29 is 23.2 Å². The van der Waals surface area contributed by atoms with E-state index in [1.807, 2.05) is 13.8 Å². The van der Waals surface area contributed by atoms with Crippen molar-refractivity contribution in [2.45, 2.75) is 25.4 Å². The molecule has 9 heteroatoms. The largest absolute Gasteiger partial charge is 0.416 e. The molecular formula is C18H19F3N4O2. The summed E-state index contributed by atoms with van der Waals surface area (Å²) < 4.78 is 40.4. The molecule has 1 aliphatic rings. The summed E-state index contributed by atoms with van der Waals surface area (Å²) >= 11 is 0. The summed E-state index contributed by atoms with van der Waals surface area (Å²) in [5.74, 6) is -0.491. The smallest absolute Gasteiger partial charge is 0.340 e. The molecule has 2 aromatic rings. The van der Waals surface area contributed by atoms with Crippen LogP contribution in [-0.2, 0) is 11.6 Å². The molecule has 2 atom stereocenters. The molecule has 0 radical (unpaired) electrons. The number of carbonyl (C=O) groups excluding carboxylic acids is 1. The number of hydrogen-bond acceptors (Lipinski definition) is 5. The molecule has 2 N–H and O–H groups in total. The molecule has 0 unspecified atom stereocenters. The highest BCUT2D eigenvalue weighted by Crippen LogP contribution is 2.45. The van der Waals surface area contributed by atoms with Crippen molar-refractivity contribution >= 4 is 11.9 Å². The minimum absolute atomic E-state index is 0.0787. The maximum atomic E-state index is 13.5. The fraction of sp³-hybridized carbons (Fsp3) is 0.389. The van der Waals surface area contributed by atoms with Gasteiger partial charge in [-0.2, -0.15) is 13.2 Å². The van der Waals surface area contributed by atoms with E-state index in [1.165, 1.54) is 30.0 Å². The zero-order chi connectivity index (χ0) is 19.8. The van der Waals surface area contributed by atoms with E-state index in [-0.39, 0.29) is 17.0 Å². The molecule has 1 aromatic heterocycles. The number of halogens is 3. The lowest BCUT2D eigenvalue weighted by molar-refractivity contribution is -0.138. The number of rotatable bonds is 3. The maximum Gasteiger partial charge on any atom is 0.416 e. The number of amides is 1. The van der Waals surface area contributed by atoms with Gasteiger partial charge in [-0.15, -0.1) is 0 Å². The first-order chi connectivity index (χ1) is 12.7. The van der Waals surface area contributed by atoms with E-state index < -0.39 is 23.1 Å². The van der Waals surface area contributed by atoms with Crippen LogP contribution >= 0.6 is 0 Å². The first-order valence-electron chi connectivity index (χ1n) is 8.35. The van der Waals surface area contributed by atoms with Gasteiger partial charge in [0.2, 0.25) is 5.95 Å². The summed E-state index contributed by atoms with van der Waals surface area (Å²) in [5, 5.41) is 8.63. The van der Waals surface area contributed by atoms with E-state index in [1.54, 1.807) is 11.0 Å². The molecule has 6 nitrogen and oxygen atoms in total. The van der Waals surface area contributed by atoms with Crippen molar-refractivity contribution in [1.82, 2.24) is 15.4 Å². The lowest BCUT2D eigenvalue weighted by atomic mass is 9.73. The molecular weight excluding hydrogens is 361 g/mol. The van der Waals surface area contributed by atoms with Crippen molar-refractivity contribution in [3.63, 3.8) is 0 Å². The first kappa shape index (κ1) is 19.1. The Kier molecular flexibility index (Phi) is 4.81. The van der Waals surface area contributed by atoms with Crippen LogP contribution in [0.15, 0.2) is 36.7 Å². The van der Waals surface area contributed by atoms with Crippen LogP contribution in [0.4, 0.5) is 19.1 Å². The van der Waals surface area contributed by atoms with Crippen molar-refractivity contribution in [1.29, 1.82) is 0 Å². The van der Waals surface area contributed by atoms with E-state index in [9.17, 15) is 18.0 Å². The third kappa shape index (κ3) is 3.46. The minimum atomic E-state index is -4.43. The Balaban J connectivity index is 1.91. The molecule has 1 saturated heterocycles. The van der Waals surface area contributed by atoms with Crippen LogP contribution in [0, 0.1) is 5.92 Å². The monoisotopic (exact) mass is 380 g/mol. The quantitative estimate of drug-likeness (QED) is 0.632. The molecule has 1 aromatic carbocycles. The van der Waals surface area contributed by atoms with Gasteiger partial charge in [-0.3, -0.25) is 10.0 Å². The summed E-state index contributed by atoms with van der Waals surface area (Å²) in [4.78, 5) is 21.4. The predicted molar refractivity (Wildman–Crippen MR) is 91.5 cm³/mol. The second kappa shape index (κ2) is 6.80. The summed E-state index contributed by atoms with van der Waals surface area (Å²) in [6.45, 7) is 4.51. The van der Waals surface area contributed by atoms with Crippen molar-refractivity contribution in [2.24, 2.45) is 5.92 Å². The van der Waals surface area contributed by atoms with Gasteiger partial charge in [0.1, 0.15) is 0 Å². The molecule has 0 saturated carbocycles. The average molecular weight is 380 g/mol. The van der Waals surface area contributed by atoms with E-state index in [2.05, 4.69) is 9.97 Å². The number of carbonyl (C=O) groups is 1. The fourth-order valence-electron chi connectivity index (χ4n) is 3.55. The van der Waals surface area contributed by atoms with Gasteiger partial charge in [0.05, 0.1) is 11.1 Å². The van der Waals surface area contributed by atoms with Crippen LogP contribution in [0.1, 0.15) is 35.3 Å². The SMILES string of the molecule is C[C@@H]1CN(c2ncc(C(=O)NO)cn2)C[C@@]1(C)c1ccccc1C(F)(F)F. The number of hydroxylamine groups is 1. The molecule has 2 heterocycles. The fourth-order valence-corrected chi connectivity index (χ4v) is 3.55. The Bertz CT molecular complexity index is 841. The van der Waals surface area contributed by atoms with Crippen LogP contribution in [0.25, 0.3) is 0 Å². The lowest BCUT2D eigenvalue weighted by Gasteiger charge is -2.31. The highest BCUT2D eigenvalue weighted by Gasteiger charge is 2.47. The number of nitrogens with one attached hydrogen (secondary N) is 1. The van der Waals surface area contributed by atoms with E-state index in [0.717, 1.165) is 6.07 Å². The molecule has 1 amide bonds. The van der Waals surface area contributed by atoms with Crippen LogP contribution in [0.2, 0.25) is 0 Å². The molecule has 1 fully saturated rings. The Hall–Kier alpha value is -2.68. The van der Waals surface area contributed by atoms with Crippen molar-refractivity contribution in [3.05, 3.63) is 53.3 Å². The minimum Gasteiger partial charge on any atom is -0.340 e. The zero-order valence-electron chi connectivity index (χ0n) is 14.8. The Labute approximate surface area is 154 Å². The van der Waals surface area contributed by atoms with Crippen molar-refractivity contribution in [2.75, 3.05) is 18.0 Å². The number of anilines is 1. The number of benzene rings is 1. The highest BCUT2D eigenvalue weighted by atomic mass is 19.4. The first-order valence-corrected chi connectivity index (χ1v) is 8.35. The number of hydrogen-bond donors (Lipinski definition) is 2. The van der Waals surface area contributed by atoms with Crippen molar-refractivity contribution in [3.8, 4) is 0 Å². The van der Waals surface area contributed by atoms with E-state index >= 15 is 0 Å². The normalized spacial score (nSPS) is 22.7. The Morgan fingerprint density at radius 2 is 1.93 bits per heavy atom. The molecule has 3 rings (SSSR count). The van der Waals surface area contributed by atoms with Gasteiger partial charge in [0.25, 0.3) is 5.91 Å². The number of aromatic nitrogens is 2. The van der Waals surface area contributed by atoms with Gasteiger partial charge in [-0.05, 0) is 17.5 Å². The number of nitrogens with zero attached hydrogens (tertiary/aromatic N) is 3. The molecule has 0 aliphatic carbocycles. The van der Waals surface area contributed by atoms with Gasteiger partial charge >= 0.3 is 6.18 Å². The lowest BCUT2D eigenvalue weighted by Crippen LogP contribution is -2.34. The predicted octanol–water partition coefficient (Wildman–Crippen LogP) is 3.03. The van der Waals surface area contributed by atoms with E-state index in [0.29, 0.717) is 19.0 Å². The summed E-state index contributed by atoms with van der Waals surface area (Å²) in [7, 11) is 0. The van der Waals surface area contributed by atoms with Gasteiger partial charge in [0.15, 0.2) is 0 Å². The Morgan fingerprint density at radius 1 is 1.30 bits per heavy atom. The summed E-state index contributed by atoms with van der Waals surface area (Å²) in [6, 6.07) is 5.64. The second-order valence-electron chi connectivity index (χ2n) is 6.96. The Morgan fingerprint density at radius 3 is 2.52 bits per heavy atom. The molecule has 144 valence electrons. The van der Waals surface area contributed by atoms with E-state index in [4.69, 9.17) is 5.21 Å². The number of alkyl halides is 3.